The van der Waals surface area contributed by atoms with Crippen molar-refractivity contribution in [2.45, 2.75) is 193 Å². The normalized spacial score (nSPS) is 13.9. The van der Waals surface area contributed by atoms with Crippen LogP contribution in [-0.4, -0.2) is 62.1 Å². The van der Waals surface area contributed by atoms with Crippen molar-refractivity contribution in [3.8, 4) is 0 Å². The van der Waals surface area contributed by atoms with Gasteiger partial charge >= 0.3 is 0 Å². The van der Waals surface area contributed by atoms with Crippen molar-refractivity contribution in [2.75, 3.05) is 39.6 Å². The summed E-state index contributed by atoms with van der Waals surface area (Å²) in [5.74, 6) is -1.68. The molecule has 0 spiro atoms. The van der Waals surface area contributed by atoms with Crippen LogP contribution in [0.3, 0.4) is 0 Å². The lowest BCUT2D eigenvalue weighted by molar-refractivity contribution is -0.380. The number of hydrogen-bond donors (Lipinski definition) is 0. The van der Waals surface area contributed by atoms with E-state index in [9.17, 15) is 0 Å². The van der Waals surface area contributed by atoms with E-state index in [1.807, 2.05) is 41.5 Å². The second-order valence-electron chi connectivity index (χ2n) is 11.8. The third-order valence-electron chi connectivity index (χ3n) is 7.76. The fourth-order valence-electron chi connectivity index (χ4n) is 5.60. The highest BCUT2D eigenvalue weighted by Crippen LogP contribution is 2.35. The van der Waals surface area contributed by atoms with Crippen LogP contribution in [0.5, 0.6) is 0 Å². The zero-order valence-corrected chi connectivity index (χ0v) is 32.0. The van der Waals surface area contributed by atoms with Gasteiger partial charge in [0.1, 0.15) is 0 Å². The molecule has 0 aromatic carbocycles. The van der Waals surface area contributed by atoms with Gasteiger partial charge in [0.25, 0.3) is 11.9 Å². The van der Waals surface area contributed by atoms with Gasteiger partial charge in [-0.25, -0.2) is 0 Å². The van der Waals surface area contributed by atoms with E-state index in [1.54, 1.807) is 0 Å². The maximum atomic E-state index is 5.84. The summed E-state index contributed by atoms with van der Waals surface area (Å²) < 4.78 is 35.0. The molecule has 0 aliphatic rings. The second-order valence-corrected chi connectivity index (χ2v) is 15.0. The Hall–Kier alpha value is 0.460. The smallest absolute Gasteiger partial charge is 0.282 e. The van der Waals surface area contributed by atoms with Crippen molar-refractivity contribution >= 4 is 21.6 Å². The van der Waals surface area contributed by atoms with Crippen molar-refractivity contribution < 1.29 is 28.4 Å². The summed E-state index contributed by atoms with van der Waals surface area (Å²) in [4.78, 5) is 0. The minimum Gasteiger partial charge on any atom is -0.328 e. The van der Waals surface area contributed by atoms with Crippen molar-refractivity contribution in [1.82, 2.24) is 0 Å². The van der Waals surface area contributed by atoms with Crippen LogP contribution in [0.2, 0.25) is 0 Å². The lowest BCUT2D eigenvalue weighted by atomic mass is 10.1. The zero-order chi connectivity index (χ0) is 32.8. The fourth-order valence-corrected chi connectivity index (χ4v) is 8.22. The molecule has 0 aromatic heterocycles. The third kappa shape index (κ3) is 23.7. The molecule has 266 valence electrons. The van der Waals surface area contributed by atoms with Crippen molar-refractivity contribution in [3.63, 3.8) is 0 Å². The quantitative estimate of drug-likeness (QED) is 0.0376. The average Bonchev–Trinajstić information content (AvgIpc) is 2.99. The van der Waals surface area contributed by atoms with Gasteiger partial charge in [-0.15, -0.1) is 0 Å². The Morgan fingerprint density at radius 2 is 0.591 bits per heavy atom. The Labute approximate surface area is 282 Å². The zero-order valence-electron chi connectivity index (χ0n) is 30.4. The SMILES string of the molecule is CCOC(CCCCCCCCCC(C)SSC(C)CCCCCCCCCC(OCC)(OCC)OCC)(OCC)OCC. The van der Waals surface area contributed by atoms with Gasteiger partial charge in [0.05, 0.1) is 0 Å². The Bertz CT molecular complexity index is 513. The molecule has 0 bridgehead atoms. The van der Waals surface area contributed by atoms with E-state index in [-0.39, 0.29) is 0 Å². The molecule has 8 heteroatoms. The fraction of sp³-hybridized carbons (Fsp3) is 1.00. The maximum Gasteiger partial charge on any atom is 0.282 e. The topological polar surface area (TPSA) is 55.4 Å². The Morgan fingerprint density at radius 1 is 0.364 bits per heavy atom. The van der Waals surface area contributed by atoms with E-state index in [1.165, 1.54) is 89.9 Å². The number of hydrogen-bond acceptors (Lipinski definition) is 8. The second kappa shape index (κ2) is 30.8. The third-order valence-corrected chi connectivity index (χ3v) is 11.3. The Balaban J connectivity index is 3.74. The van der Waals surface area contributed by atoms with Crippen LogP contribution >= 0.6 is 21.6 Å². The first-order valence-electron chi connectivity index (χ1n) is 18.5. The minimum atomic E-state index is -0.838. The number of unbranched alkanes of at least 4 members (excludes halogenated alkanes) is 12. The van der Waals surface area contributed by atoms with Crippen molar-refractivity contribution in [3.05, 3.63) is 0 Å². The van der Waals surface area contributed by atoms with Crippen LogP contribution < -0.4 is 0 Å². The largest absolute Gasteiger partial charge is 0.328 e. The lowest BCUT2D eigenvalue weighted by Crippen LogP contribution is -2.39. The summed E-state index contributed by atoms with van der Waals surface area (Å²) >= 11 is 0. The summed E-state index contributed by atoms with van der Waals surface area (Å²) in [5.41, 5.74) is 0. The maximum absolute atomic E-state index is 5.84. The van der Waals surface area contributed by atoms with E-state index in [2.05, 4.69) is 35.4 Å². The van der Waals surface area contributed by atoms with Crippen LogP contribution in [0.15, 0.2) is 0 Å². The van der Waals surface area contributed by atoms with Crippen molar-refractivity contribution in [2.24, 2.45) is 0 Å². The average molecular weight is 667 g/mol. The molecule has 0 aliphatic heterocycles. The van der Waals surface area contributed by atoms with Crippen LogP contribution in [0.1, 0.15) is 171 Å². The summed E-state index contributed by atoms with van der Waals surface area (Å²) in [7, 11) is 4.23. The molecule has 44 heavy (non-hydrogen) atoms. The molecule has 0 rings (SSSR count). The van der Waals surface area contributed by atoms with E-state index in [0.29, 0.717) is 39.6 Å². The minimum absolute atomic E-state index is 0.610. The first-order valence-corrected chi connectivity index (χ1v) is 20.8. The van der Waals surface area contributed by atoms with Gasteiger partial charge in [0.2, 0.25) is 0 Å². The van der Waals surface area contributed by atoms with E-state index in [4.69, 9.17) is 28.4 Å². The van der Waals surface area contributed by atoms with Crippen LogP contribution in [0, 0.1) is 0 Å². The Morgan fingerprint density at radius 3 is 0.841 bits per heavy atom. The van der Waals surface area contributed by atoms with Gasteiger partial charge in [0.15, 0.2) is 0 Å². The molecule has 0 N–H and O–H groups in total. The first-order chi connectivity index (χ1) is 21.4. The highest BCUT2D eigenvalue weighted by molar-refractivity contribution is 8.77. The molecule has 0 aromatic rings. The molecule has 0 heterocycles. The van der Waals surface area contributed by atoms with Crippen molar-refractivity contribution in [1.29, 1.82) is 0 Å². The molecule has 0 saturated carbocycles. The van der Waals surface area contributed by atoms with Gasteiger partial charge in [-0.1, -0.05) is 112 Å². The highest BCUT2D eigenvalue weighted by Gasteiger charge is 2.32. The molecule has 2 atom stereocenters. The predicted octanol–water partition coefficient (Wildman–Crippen LogP) is 11.7. The number of rotatable bonds is 35. The summed E-state index contributed by atoms with van der Waals surface area (Å²) in [6, 6.07) is 0. The summed E-state index contributed by atoms with van der Waals surface area (Å²) in [6.07, 6.45) is 22.3. The monoisotopic (exact) mass is 666 g/mol. The molecule has 0 aliphatic carbocycles. The number of ether oxygens (including phenoxy) is 6. The van der Waals surface area contributed by atoms with E-state index in [0.717, 1.165) is 36.2 Å². The van der Waals surface area contributed by atoms with Crippen LogP contribution in [0.4, 0.5) is 0 Å². The summed E-state index contributed by atoms with van der Waals surface area (Å²) in [5, 5.41) is 1.50. The van der Waals surface area contributed by atoms with Gasteiger partial charge < -0.3 is 28.4 Å². The van der Waals surface area contributed by atoms with Gasteiger partial charge in [-0.05, 0) is 67.2 Å². The van der Waals surface area contributed by atoms with Gasteiger partial charge in [-0.3, -0.25) is 0 Å². The molecule has 0 radical (unpaired) electrons. The first kappa shape index (κ1) is 44.5. The molecular weight excluding hydrogens is 593 g/mol. The molecule has 2 unspecified atom stereocenters. The van der Waals surface area contributed by atoms with Crippen LogP contribution in [0.25, 0.3) is 0 Å². The highest BCUT2D eigenvalue weighted by atomic mass is 33.1. The summed E-state index contributed by atoms with van der Waals surface area (Å²) in [6.45, 7) is 20.5. The molecule has 6 nitrogen and oxygen atoms in total. The Kier molecular flexibility index (Phi) is 31.1. The van der Waals surface area contributed by atoms with Gasteiger partial charge in [0, 0.05) is 63.0 Å². The molecular formula is C36H74O6S2. The standard InChI is InChI=1S/C36H74O6S2/c1-9-37-35(38-10-2,39-11-3)31-27-23-19-15-17-21-25-29-33(7)43-44-34(8)30-26-22-18-16-20-24-28-32-36(40-12-4,41-13-5)42-14-6/h33-34H,9-32H2,1-8H3. The predicted molar refractivity (Wildman–Crippen MR) is 192 cm³/mol. The molecule has 0 saturated heterocycles. The van der Waals surface area contributed by atoms with E-state index >= 15 is 0 Å². The molecule has 0 fully saturated rings. The lowest BCUT2D eigenvalue weighted by Gasteiger charge is -2.32. The van der Waals surface area contributed by atoms with E-state index < -0.39 is 11.9 Å². The van der Waals surface area contributed by atoms with Gasteiger partial charge in [-0.2, -0.15) is 0 Å². The van der Waals surface area contributed by atoms with Crippen LogP contribution in [-0.2, 0) is 28.4 Å². The molecule has 0 amide bonds.